The number of nitrogens with zero attached hydrogens (tertiary/aromatic N) is 4. The van der Waals surface area contributed by atoms with E-state index in [2.05, 4.69) is 55.2 Å². The number of halogens is 1. The molecule has 3 atom stereocenters. The molecule has 13 heteroatoms. The lowest BCUT2D eigenvalue weighted by atomic mass is 10.2. The van der Waals surface area contributed by atoms with Gasteiger partial charge in [-0.1, -0.05) is 13.3 Å². The highest BCUT2D eigenvalue weighted by Crippen LogP contribution is 2.44. The number of H-pyrrole nitrogens is 1. The van der Waals surface area contributed by atoms with Crippen molar-refractivity contribution >= 4 is 31.5 Å². The Balaban J connectivity index is 0.000000401. The summed E-state index contributed by atoms with van der Waals surface area (Å²) in [6.07, 6.45) is 3.69. The molecule has 1 aliphatic rings. The van der Waals surface area contributed by atoms with Crippen LogP contribution in [-0.2, 0) is 16.9 Å². The number of unbranched alkanes of at least 4 members (excludes halogenated alkanes) is 1. The fraction of sp³-hybridized carbons (Fsp3) is 0.792. The Morgan fingerprint density at radius 1 is 1.30 bits per heavy atom. The van der Waals surface area contributed by atoms with E-state index < -0.39 is 20.4 Å². The second-order valence-electron chi connectivity index (χ2n) is 9.31. The van der Waals surface area contributed by atoms with Crippen LogP contribution in [0.5, 0.6) is 0 Å². The first kappa shape index (κ1) is 34.1. The van der Waals surface area contributed by atoms with Crippen LogP contribution < -0.4 is 11.2 Å². The van der Waals surface area contributed by atoms with Gasteiger partial charge in [-0.05, 0) is 47.6 Å². The first-order valence-corrected chi connectivity index (χ1v) is 14.7. The summed E-state index contributed by atoms with van der Waals surface area (Å²) in [4.78, 5) is 28.2. The second-order valence-corrected chi connectivity index (χ2v) is 11.5. The van der Waals surface area contributed by atoms with E-state index in [0.29, 0.717) is 43.8 Å². The number of hydrogen-bond acceptors (Lipinski definition) is 9. The highest BCUT2D eigenvalue weighted by Gasteiger charge is 2.29. The van der Waals surface area contributed by atoms with Crippen molar-refractivity contribution < 1.29 is 16.9 Å². The van der Waals surface area contributed by atoms with E-state index in [0.717, 1.165) is 25.9 Å². The summed E-state index contributed by atoms with van der Waals surface area (Å²) in [5, 5.41) is 8.43. The van der Waals surface area contributed by atoms with Gasteiger partial charge in [0.05, 0.1) is 31.8 Å². The summed E-state index contributed by atoms with van der Waals surface area (Å²) >= 11 is 1.85. The number of rotatable bonds is 13. The number of nitriles is 1. The van der Waals surface area contributed by atoms with Crippen molar-refractivity contribution in [3.05, 3.63) is 32.6 Å². The summed E-state index contributed by atoms with van der Waals surface area (Å²) in [5.74, 6) is 0. The summed E-state index contributed by atoms with van der Waals surface area (Å²) in [6, 6.07) is 2.80. The Labute approximate surface area is 236 Å². The molecule has 0 aromatic carbocycles. The van der Waals surface area contributed by atoms with Gasteiger partial charge in [0.25, 0.3) is 14.1 Å². The average Bonchev–Trinajstić information content (AvgIpc) is 2.84. The minimum Gasteiger partial charge on any atom is -0.349 e. The van der Waals surface area contributed by atoms with Crippen molar-refractivity contribution in [2.24, 2.45) is 0 Å². The molecule has 2 heterocycles. The molecule has 0 spiro atoms. The van der Waals surface area contributed by atoms with Gasteiger partial charge in [-0.2, -0.15) is 5.26 Å². The molecule has 2 rings (SSSR count). The molecule has 11 nitrogen and oxygen atoms in total. The molecule has 0 saturated carbocycles. The molecule has 0 amide bonds. The maximum atomic E-state index is 12.1. The van der Waals surface area contributed by atoms with Crippen LogP contribution in [-0.4, -0.2) is 77.3 Å². The SMILES string of the molecule is CCCCN1C[C@@H](COI)O[C@@H](n2cc(C)c(=O)[nH]c2=O)C1.COP(OCCC#N)N(C(C)C)C(C)C. The Morgan fingerprint density at radius 3 is 2.51 bits per heavy atom. The van der Waals surface area contributed by atoms with E-state index in [9.17, 15) is 9.59 Å². The van der Waals surface area contributed by atoms with Crippen LogP contribution in [0.2, 0.25) is 0 Å². The van der Waals surface area contributed by atoms with Crippen molar-refractivity contribution in [3.63, 3.8) is 0 Å². The van der Waals surface area contributed by atoms with Gasteiger partial charge in [-0.25, -0.2) is 9.46 Å². The molecule has 1 fully saturated rings. The Kier molecular flexibility index (Phi) is 17.0. The van der Waals surface area contributed by atoms with Crippen LogP contribution in [0.3, 0.4) is 0 Å². The molecule has 212 valence electrons. The van der Waals surface area contributed by atoms with Gasteiger partial charge in [0, 0.05) is 44.0 Å². The third-order valence-corrected chi connectivity index (χ3v) is 7.95. The average molecular weight is 656 g/mol. The first-order chi connectivity index (χ1) is 17.6. The standard InChI is InChI=1S/C14H22IN3O4.C10H21N2O2P/c1-3-4-5-17-7-11(9-21-15)22-12(8-17)18-6-10(2)13(19)16-14(18)20;1-9(2)12(10(3)4)15(13-5)14-8-6-7-11/h6,11-12H,3-5,7-9H2,1-2H3,(H,16,19,20);9-10H,6,8H2,1-5H3/t11-,12+;/m0./s1. The van der Waals surface area contributed by atoms with Crippen LogP contribution in [0.25, 0.3) is 0 Å². The zero-order chi connectivity index (χ0) is 28.0. The van der Waals surface area contributed by atoms with Crippen molar-refractivity contribution in [3.8, 4) is 6.07 Å². The highest BCUT2D eigenvalue weighted by atomic mass is 127. The van der Waals surface area contributed by atoms with Gasteiger partial charge in [0.2, 0.25) is 0 Å². The number of hydrogen-bond donors (Lipinski definition) is 1. The summed E-state index contributed by atoms with van der Waals surface area (Å²) in [6.45, 7) is 15.6. The van der Waals surface area contributed by atoms with Gasteiger partial charge >= 0.3 is 5.69 Å². The molecule has 37 heavy (non-hydrogen) atoms. The van der Waals surface area contributed by atoms with Crippen LogP contribution in [0.4, 0.5) is 0 Å². The first-order valence-electron chi connectivity index (χ1n) is 12.6. The Bertz CT molecular complexity index is 929. The van der Waals surface area contributed by atoms with E-state index in [1.54, 1.807) is 20.2 Å². The van der Waals surface area contributed by atoms with E-state index in [1.165, 1.54) is 4.57 Å². The third kappa shape index (κ3) is 11.8. The minimum atomic E-state index is -1.03. The van der Waals surface area contributed by atoms with E-state index in [1.807, 2.05) is 23.0 Å². The fourth-order valence-electron chi connectivity index (χ4n) is 3.93. The largest absolute Gasteiger partial charge is 0.349 e. The molecule has 1 saturated heterocycles. The maximum absolute atomic E-state index is 12.1. The third-order valence-electron chi connectivity index (χ3n) is 5.58. The lowest BCUT2D eigenvalue weighted by Crippen LogP contribution is -2.49. The second kappa shape index (κ2) is 18.4. The summed E-state index contributed by atoms with van der Waals surface area (Å²) in [5.41, 5.74) is -0.297. The van der Waals surface area contributed by atoms with Crippen molar-refractivity contribution in [2.75, 3.05) is 40.0 Å². The molecule has 0 radical (unpaired) electrons. The van der Waals surface area contributed by atoms with Crippen LogP contribution >= 0.6 is 31.5 Å². The monoisotopic (exact) mass is 655 g/mol. The lowest BCUT2D eigenvalue weighted by molar-refractivity contribution is -0.130. The topological polar surface area (TPSA) is 122 Å². The Hall–Kier alpha value is -0.910. The lowest BCUT2D eigenvalue weighted by Gasteiger charge is -2.38. The summed E-state index contributed by atoms with van der Waals surface area (Å²) in [7, 11) is 0.618. The van der Waals surface area contributed by atoms with Gasteiger partial charge in [-0.15, -0.1) is 0 Å². The number of nitrogens with one attached hydrogen (secondary N) is 1. The van der Waals surface area contributed by atoms with Gasteiger partial charge in [0.15, 0.2) is 6.23 Å². The van der Waals surface area contributed by atoms with Gasteiger partial charge in [-0.3, -0.25) is 19.2 Å². The zero-order valence-electron chi connectivity index (χ0n) is 23.1. The summed E-state index contributed by atoms with van der Waals surface area (Å²) < 4.78 is 25.7. The molecule has 1 aromatic heterocycles. The molecule has 0 bridgehead atoms. The molecular formula is C24H43IN5O6P. The van der Waals surface area contributed by atoms with Gasteiger partial charge in [0.1, 0.15) is 23.0 Å². The molecule has 1 N–H and O–H groups in total. The van der Waals surface area contributed by atoms with E-state index in [4.69, 9.17) is 22.1 Å². The number of aryl methyl sites for hydroxylation is 1. The van der Waals surface area contributed by atoms with E-state index >= 15 is 0 Å². The minimum absolute atomic E-state index is 0.0911. The predicted octanol–water partition coefficient (Wildman–Crippen LogP) is 4.12. The predicted molar refractivity (Wildman–Crippen MR) is 154 cm³/mol. The van der Waals surface area contributed by atoms with Crippen LogP contribution in [0.1, 0.15) is 65.7 Å². The Morgan fingerprint density at radius 2 is 1.97 bits per heavy atom. The normalized spacial score (nSPS) is 19.1. The number of morpholine rings is 1. The number of ether oxygens (including phenoxy) is 1. The van der Waals surface area contributed by atoms with Crippen molar-refractivity contribution in [1.82, 2.24) is 19.1 Å². The molecule has 1 aliphatic heterocycles. The van der Waals surface area contributed by atoms with Crippen molar-refractivity contribution in [1.29, 1.82) is 5.26 Å². The van der Waals surface area contributed by atoms with Gasteiger partial charge < -0.3 is 16.9 Å². The molecular weight excluding hydrogens is 612 g/mol. The number of aromatic nitrogens is 2. The molecule has 1 aromatic rings. The quantitative estimate of drug-likeness (QED) is 0.190. The smallest absolute Gasteiger partial charge is 0.330 e. The highest BCUT2D eigenvalue weighted by molar-refractivity contribution is 14.1. The molecule has 1 unspecified atom stereocenters. The van der Waals surface area contributed by atoms with Crippen LogP contribution in [0.15, 0.2) is 15.8 Å². The van der Waals surface area contributed by atoms with Crippen molar-refractivity contribution in [2.45, 2.75) is 85.2 Å². The van der Waals surface area contributed by atoms with E-state index in [-0.39, 0.29) is 11.7 Å². The maximum Gasteiger partial charge on any atom is 0.330 e. The fourth-order valence-corrected chi connectivity index (χ4v) is 5.76. The number of aromatic amines is 1. The molecule has 0 aliphatic carbocycles. The zero-order valence-corrected chi connectivity index (χ0v) is 26.2. The van der Waals surface area contributed by atoms with Crippen LogP contribution in [0, 0.1) is 18.3 Å².